The van der Waals surface area contributed by atoms with Gasteiger partial charge in [0.05, 0.1) is 13.2 Å². The molecule has 0 radical (unpaired) electrons. The summed E-state index contributed by atoms with van der Waals surface area (Å²) in [5, 5.41) is 22.3. The quantitative estimate of drug-likeness (QED) is 0.471. The summed E-state index contributed by atoms with van der Waals surface area (Å²) in [7, 11) is 0. The van der Waals surface area contributed by atoms with E-state index in [1.54, 1.807) is 0 Å². The number of carbonyl (C=O) groups is 2. The molecule has 0 heterocycles. The van der Waals surface area contributed by atoms with Crippen LogP contribution in [0.15, 0.2) is 0 Å². The molecule has 15 heavy (non-hydrogen) atoms. The van der Waals surface area contributed by atoms with Crippen molar-refractivity contribution in [1.29, 1.82) is 0 Å². The van der Waals surface area contributed by atoms with Crippen LogP contribution in [0.25, 0.3) is 0 Å². The first-order valence-electron chi connectivity index (χ1n) is 4.64. The first kappa shape index (κ1) is 13.9. The van der Waals surface area contributed by atoms with E-state index < -0.39 is 24.5 Å². The highest BCUT2D eigenvalue weighted by Gasteiger charge is 2.19. The zero-order valence-corrected chi connectivity index (χ0v) is 9.20. The summed E-state index contributed by atoms with van der Waals surface area (Å²) < 4.78 is 0. The Morgan fingerprint density at radius 2 is 1.87 bits per heavy atom. The highest BCUT2D eigenvalue weighted by atomic mass is 16.4. The van der Waals surface area contributed by atoms with E-state index in [1.807, 2.05) is 20.8 Å². The van der Waals surface area contributed by atoms with Crippen LogP contribution in [0.3, 0.4) is 0 Å². The number of hydrogen-bond donors (Lipinski definition) is 4. The van der Waals surface area contributed by atoms with Crippen molar-refractivity contribution in [2.24, 2.45) is 0 Å². The third kappa shape index (κ3) is 6.87. The Kier molecular flexibility index (Phi) is 5.24. The number of carboxylic acids is 1. The molecule has 0 aromatic rings. The Hall–Kier alpha value is -1.14. The second-order valence-electron chi connectivity index (χ2n) is 4.24. The van der Waals surface area contributed by atoms with E-state index in [9.17, 15) is 9.59 Å². The van der Waals surface area contributed by atoms with Crippen LogP contribution in [0.5, 0.6) is 0 Å². The molecule has 0 aromatic heterocycles. The predicted molar refractivity (Wildman–Crippen MR) is 54.4 cm³/mol. The summed E-state index contributed by atoms with van der Waals surface area (Å²) in [6.07, 6.45) is 0. The van der Waals surface area contributed by atoms with Crippen molar-refractivity contribution in [2.45, 2.75) is 32.4 Å². The van der Waals surface area contributed by atoms with Crippen molar-refractivity contribution in [3.8, 4) is 0 Å². The Morgan fingerprint density at radius 3 is 2.20 bits per heavy atom. The van der Waals surface area contributed by atoms with Gasteiger partial charge in [0, 0.05) is 5.54 Å². The standard InChI is InChI=1S/C9H18N2O4/c1-9(2,3)10-4-7(13)11-6(5-12)8(14)15/h6,10,12H,4-5H2,1-3H3,(H,11,13)(H,14,15). The van der Waals surface area contributed by atoms with Gasteiger partial charge < -0.3 is 20.8 Å². The number of hydrogen-bond acceptors (Lipinski definition) is 4. The molecule has 0 aliphatic rings. The van der Waals surface area contributed by atoms with E-state index in [0.717, 1.165) is 0 Å². The molecule has 1 unspecified atom stereocenters. The van der Waals surface area contributed by atoms with Gasteiger partial charge in [0.25, 0.3) is 0 Å². The monoisotopic (exact) mass is 218 g/mol. The number of aliphatic hydroxyl groups excluding tert-OH is 1. The maximum Gasteiger partial charge on any atom is 0.328 e. The summed E-state index contributed by atoms with van der Waals surface area (Å²) in [5.41, 5.74) is -0.213. The van der Waals surface area contributed by atoms with Crippen molar-refractivity contribution < 1.29 is 19.8 Å². The normalized spacial score (nSPS) is 13.3. The van der Waals surface area contributed by atoms with Crippen molar-refractivity contribution in [2.75, 3.05) is 13.2 Å². The fraction of sp³-hybridized carbons (Fsp3) is 0.778. The molecular weight excluding hydrogens is 200 g/mol. The maximum atomic E-state index is 11.2. The average Bonchev–Trinajstić information content (AvgIpc) is 2.09. The van der Waals surface area contributed by atoms with Crippen LogP contribution < -0.4 is 10.6 Å². The topological polar surface area (TPSA) is 98.7 Å². The van der Waals surface area contributed by atoms with Gasteiger partial charge in [-0.3, -0.25) is 4.79 Å². The SMILES string of the molecule is CC(C)(C)NCC(=O)NC(CO)C(=O)O. The molecule has 1 atom stereocenters. The van der Waals surface area contributed by atoms with Gasteiger partial charge in [-0.25, -0.2) is 4.79 Å². The van der Waals surface area contributed by atoms with Crippen LogP contribution in [-0.2, 0) is 9.59 Å². The second kappa shape index (κ2) is 5.67. The molecular formula is C9H18N2O4. The van der Waals surface area contributed by atoms with E-state index in [0.29, 0.717) is 0 Å². The molecule has 0 saturated carbocycles. The molecule has 0 aromatic carbocycles. The first-order chi connectivity index (χ1) is 6.76. The van der Waals surface area contributed by atoms with Crippen LogP contribution in [0.4, 0.5) is 0 Å². The van der Waals surface area contributed by atoms with Crippen molar-refractivity contribution >= 4 is 11.9 Å². The predicted octanol–water partition coefficient (Wildman–Crippen LogP) is -1.06. The van der Waals surface area contributed by atoms with Gasteiger partial charge in [-0.15, -0.1) is 0 Å². The minimum absolute atomic E-state index is 0.0211. The lowest BCUT2D eigenvalue weighted by molar-refractivity contribution is -0.142. The molecule has 0 aliphatic carbocycles. The van der Waals surface area contributed by atoms with Gasteiger partial charge in [-0.2, -0.15) is 0 Å². The number of carbonyl (C=O) groups excluding carboxylic acids is 1. The van der Waals surface area contributed by atoms with Crippen molar-refractivity contribution in [1.82, 2.24) is 10.6 Å². The lowest BCUT2D eigenvalue weighted by Gasteiger charge is -2.20. The van der Waals surface area contributed by atoms with Gasteiger partial charge in [0.2, 0.25) is 5.91 Å². The number of aliphatic carboxylic acids is 1. The van der Waals surface area contributed by atoms with E-state index >= 15 is 0 Å². The molecule has 1 amide bonds. The summed E-state index contributed by atoms with van der Waals surface area (Å²) in [4.78, 5) is 21.7. The zero-order chi connectivity index (χ0) is 12.1. The van der Waals surface area contributed by atoms with Crippen molar-refractivity contribution in [3.63, 3.8) is 0 Å². The highest BCUT2D eigenvalue weighted by molar-refractivity contribution is 5.84. The largest absolute Gasteiger partial charge is 0.480 e. The maximum absolute atomic E-state index is 11.2. The van der Waals surface area contributed by atoms with Gasteiger partial charge in [-0.1, -0.05) is 0 Å². The fourth-order valence-corrected chi connectivity index (χ4v) is 0.776. The third-order valence-corrected chi connectivity index (χ3v) is 1.60. The Bertz CT molecular complexity index is 235. The lowest BCUT2D eigenvalue weighted by Crippen LogP contribution is -2.49. The summed E-state index contributed by atoms with van der Waals surface area (Å²) in [5.74, 6) is -1.70. The van der Waals surface area contributed by atoms with Crippen LogP contribution in [0.1, 0.15) is 20.8 Å². The number of nitrogens with one attached hydrogen (secondary N) is 2. The number of rotatable bonds is 5. The van der Waals surface area contributed by atoms with Crippen LogP contribution >= 0.6 is 0 Å². The highest BCUT2D eigenvalue weighted by Crippen LogP contribution is 1.96. The van der Waals surface area contributed by atoms with E-state index in [-0.39, 0.29) is 12.1 Å². The van der Waals surface area contributed by atoms with Crippen LogP contribution in [0.2, 0.25) is 0 Å². The smallest absolute Gasteiger partial charge is 0.328 e. The Labute approximate surface area is 88.7 Å². The van der Waals surface area contributed by atoms with E-state index in [2.05, 4.69) is 10.6 Å². The first-order valence-corrected chi connectivity index (χ1v) is 4.64. The zero-order valence-electron chi connectivity index (χ0n) is 9.20. The van der Waals surface area contributed by atoms with Gasteiger partial charge in [0.1, 0.15) is 6.04 Å². The molecule has 0 bridgehead atoms. The van der Waals surface area contributed by atoms with E-state index in [4.69, 9.17) is 10.2 Å². The lowest BCUT2D eigenvalue weighted by atomic mass is 10.1. The summed E-state index contributed by atoms with van der Waals surface area (Å²) >= 11 is 0. The molecule has 6 heteroatoms. The molecule has 0 spiro atoms. The molecule has 0 aliphatic heterocycles. The van der Waals surface area contributed by atoms with Gasteiger partial charge >= 0.3 is 5.97 Å². The molecule has 4 N–H and O–H groups in total. The minimum Gasteiger partial charge on any atom is -0.480 e. The Morgan fingerprint density at radius 1 is 1.33 bits per heavy atom. The van der Waals surface area contributed by atoms with E-state index in [1.165, 1.54) is 0 Å². The molecule has 6 nitrogen and oxygen atoms in total. The minimum atomic E-state index is -1.25. The fourth-order valence-electron chi connectivity index (χ4n) is 0.776. The van der Waals surface area contributed by atoms with Crippen molar-refractivity contribution in [3.05, 3.63) is 0 Å². The summed E-state index contributed by atoms with van der Waals surface area (Å²) in [6.45, 7) is 5.08. The van der Waals surface area contributed by atoms with Gasteiger partial charge in [0.15, 0.2) is 0 Å². The Balaban J connectivity index is 3.98. The van der Waals surface area contributed by atoms with Gasteiger partial charge in [-0.05, 0) is 20.8 Å². The number of carboxylic acid groups (broad SMARTS) is 1. The number of aliphatic hydroxyl groups is 1. The molecule has 0 saturated heterocycles. The molecule has 88 valence electrons. The molecule has 0 rings (SSSR count). The average molecular weight is 218 g/mol. The second-order valence-corrected chi connectivity index (χ2v) is 4.24. The number of amides is 1. The summed E-state index contributed by atoms with van der Waals surface area (Å²) in [6, 6.07) is -1.24. The van der Waals surface area contributed by atoms with Crippen LogP contribution in [0, 0.1) is 0 Å². The third-order valence-electron chi connectivity index (χ3n) is 1.60. The van der Waals surface area contributed by atoms with Crippen LogP contribution in [-0.4, -0.2) is 46.8 Å². The molecule has 0 fully saturated rings.